The molecule has 144 valence electrons. The quantitative estimate of drug-likeness (QED) is 0.742. The molecule has 0 spiro atoms. The molecule has 0 radical (unpaired) electrons. The number of hydrogen-bond acceptors (Lipinski definition) is 4. The Kier molecular flexibility index (Phi) is 4.69. The van der Waals surface area contributed by atoms with E-state index in [-0.39, 0.29) is 5.91 Å². The van der Waals surface area contributed by atoms with Crippen LogP contribution in [0.1, 0.15) is 21.7 Å². The molecule has 4 rings (SSSR count). The van der Waals surface area contributed by atoms with Crippen LogP contribution in [0, 0.1) is 13.8 Å². The van der Waals surface area contributed by atoms with Crippen LogP contribution in [-0.4, -0.2) is 30.8 Å². The van der Waals surface area contributed by atoms with Gasteiger partial charge in [0.05, 0.1) is 12.7 Å². The molecule has 0 saturated carbocycles. The molecule has 2 aromatic carbocycles. The molecule has 28 heavy (non-hydrogen) atoms. The summed E-state index contributed by atoms with van der Waals surface area (Å²) in [5, 5.41) is 2.95. The number of benzene rings is 2. The van der Waals surface area contributed by atoms with Gasteiger partial charge in [-0.1, -0.05) is 0 Å². The number of hydrogen-bond donors (Lipinski definition) is 1. The van der Waals surface area contributed by atoms with Crippen LogP contribution in [0.5, 0.6) is 17.2 Å². The third-order valence-corrected chi connectivity index (χ3v) is 4.81. The van der Waals surface area contributed by atoms with Crippen molar-refractivity contribution in [2.24, 2.45) is 0 Å². The zero-order chi connectivity index (χ0) is 19.7. The third kappa shape index (κ3) is 3.29. The van der Waals surface area contributed by atoms with Crippen molar-refractivity contribution in [3.05, 3.63) is 65.5 Å². The van der Waals surface area contributed by atoms with Gasteiger partial charge in [-0.05, 0) is 56.3 Å². The Bertz CT molecular complexity index is 1020. The molecule has 0 saturated heterocycles. The van der Waals surface area contributed by atoms with Crippen molar-refractivity contribution in [3.63, 3.8) is 0 Å². The highest BCUT2D eigenvalue weighted by molar-refractivity contribution is 6.05. The normalized spacial score (nSPS) is 12.5. The number of anilines is 1. The van der Waals surface area contributed by atoms with Gasteiger partial charge in [0.2, 0.25) is 0 Å². The molecule has 1 aliphatic rings. The maximum atomic E-state index is 12.9. The van der Waals surface area contributed by atoms with Gasteiger partial charge in [-0.25, -0.2) is 0 Å². The standard InChI is InChI=1S/C22H22N2O4/c1-14-12-19(15(2)24(14)17-5-7-18(26-3)8-6-17)22(25)23-16-4-9-20-21(13-16)28-11-10-27-20/h4-9,12-13H,10-11H2,1-3H3,(H,23,25). The van der Waals surface area contributed by atoms with E-state index >= 15 is 0 Å². The first kappa shape index (κ1) is 18.0. The topological polar surface area (TPSA) is 61.7 Å². The van der Waals surface area contributed by atoms with E-state index < -0.39 is 0 Å². The number of carbonyl (C=O) groups excluding carboxylic acids is 1. The van der Waals surface area contributed by atoms with Crippen LogP contribution in [0.25, 0.3) is 5.69 Å². The Balaban J connectivity index is 1.60. The van der Waals surface area contributed by atoms with Gasteiger partial charge in [0.15, 0.2) is 11.5 Å². The summed E-state index contributed by atoms with van der Waals surface area (Å²) in [5.74, 6) is 1.97. The maximum absolute atomic E-state index is 12.9. The molecule has 0 aliphatic carbocycles. The first-order chi connectivity index (χ1) is 13.6. The Hall–Kier alpha value is -3.41. The third-order valence-electron chi connectivity index (χ3n) is 4.81. The summed E-state index contributed by atoms with van der Waals surface area (Å²) in [4.78, 5) is 12.9. The average Bonchev–Trinajstić information content (AvgIpc) is 3.02. The van der Waals surface area contributed by atoms with Crippen LogP contribution < -0.4 is 19.5 Å². The average molecular weight is 378 g/mol. The molecule has 0 unspecified atom stereocenters. The summed E-state index contributed by atoms with van der Waals surface area (Å²) >= 11 is 0. The first-order valence-corrected chi connectivity index (χ1v) is 9.11. The first-order valence-electron chi connectivity index (χ1n) is 9.11. The fourth-order valence-electron chi connectivity index (χ4n) is 3.44. The van der Waals surface area contributed by atoms with Crippen LogP contribution in [-0.2, 0) is 0 Å². The number of aromatic nitrogens is 1. The van der Waals surface area contributed by atoms with Crippen LogP contribution in [0.4, 0.5) is 5.69 Å². The lowest BCUT2D eigenvalue weighted by atomic mass is 10.2. The summed E-state index contributed by atoms with van der Waals surface area (Å²) in [6.45, 7) is 4.97. The van der Waals surface area contributed by atoms with E-state index in [1.807, 2.05) is 56.3 Å². The van der Waals surface area contributed by atoms with Crippen molar-refractivity contribution < 1.29 is 19.0 Å². The largest absolute Gasteiger partial charge is 0.497 e. The van der Waals surface area contributed by atoms with Gasteiger partial charge in [0.25, 0.3) is 5.91 Å². The zero-order valence-electron chi connectivity index (χ0n) is 16.1. The zero-order valence-corrected chi connectivity index (χ0v) is 16.1. The Labute approximate surface area is 163 Å². The predicted octanol–water partition coefficient (Wildman–Crippen LogP) is 4.13. The van der Waals surface area contributed by atoms with Gasteiger partial charge in [-0.2, -0.15) is 0 Å². The monoisotopic (exact) mass is 378 g/mol. The van der Waals surface area contributed by atoms with Gasteiger partial charge < -0.3 is 24.1 Å². The molecule has 0 bridgehead atoms. The van der Waals surface area contributed by atoms with Gasteiger partial charge >= 0.3 is 0 Å². The lowest BCUT2D eigenvalue weighted by Gasteiger charge is -2.19. The van der Waals surface area contributed by atoms with Gasteiger partial charge in [0.1, 0.15) is 19.0 Å². The number of fused-ring (bicyclic) bond motifs is 1. The number of aryl methyl sites for hydroxylation is 1. The van der Waals surface area contributed by atoms with Gasteiger partial charge in [-0.3, -0.25) is 4.79 Å². The molecule has 6 heteroatoms. The molecule has 2 heterocycles. The number of methoxy groups -OCH3 is 1. The minimum atomic E-state index is -0.162. The van der Waals surface area contributed by atoms with E-state index in [1.54, 1.807) is 13.2 Å². The van der Waals surface area contributed by atoms with Crippen molar-refractivity contribution in [2.75, 3.05) is 25.6 Å². The van der Waals surface area contributed by atoms with Crippen LogP contribution in [0.2, 0.25) is 0 Å². The van der Waals surface area contributed by atoms with Gasteiger partial charge in [0, 0.05) is 28.8 Å². The molecule has 1 aromatic heterocycles. The fourth-order valence-corrected chi connectivity index (χ4v) is 3.44. The van der Waals surface area contributed by atoms with E-state index in [0.717, 1.165) is 22.8 Å². The second kappa shape index (κ2) is 7.31. The molecular formula is C22H22N2O4. The lowest BCUT2D eigenvalue weighted by Crippen LogP contribution is -2.16. The molecule has 0 fully saturated rings. The highest BCUT2D eigenvalue weighted by Crippen LogP contribution is 2.33. The van der Waals surface area contributed by atoms with E-state index in [4.69, 9.17) is 14.2 Å². The Morgan fingerprint density at radius 3 is 2.43 bits per heavy atom. The van der Waals surface area contributed by atoms with Crippen molar-refractivity contribution in [1.29, 1.82) is 0 Å². The second-order valence-electron chi connectivity index (χ2n) is 6.63. The van der Waals surface area contributed by atoms with E-state index in [2.05, 4.69) is 9.88 Å². The smallest absolute Gasteiger partial charge is 0.257 e. The Morgan fingerprint density at radius 1 is 1.00 bits per heavy atom. The predicted molar refractivity (Wildman–Crippen MR) is 107 cm³/mol. The summed E-state index contributed by atoms with van der Waals surface area (Å²) < 4.78 is 18.4. The van der Waals surface area contributed by atoms with Crippen molar-refractivity contribution >= 4 is 11.6 Å². The summed E-state index contributed by atoms with van der Waals surface area (Å²) in [5.41, 5.74) is 4.13. The molecule has 1 N–H and O–H groups in total. The number of rotatable bonds is 4. The maximum Gasteiger partial charge on any atom is 0.257 e. The number of ether oxygens (including phenoxy) is 3. The molecule has 0 atom stereocenters. The number of carbonyl (C=O) groups is 1. The number of nitrogens with one attached hydrogen (secondary N) is 1. The molecule has 3 aromatic rings. The van der Waals surface area contributed by atoms with Crippen LogP contribution in [0.15, 0.2) is 48.5 Å². The van der Waals surface area contributed by atoms with E-state index in [9.17, 15) is 4.79 Å². The highest BCUT2D eigenvalue weighted by atomic mass is 16.6. The second-order valence-corrected chi connectivity index (χ2v) is 6.63. The minimum Gasteiger partial charge on any atom is -0.497 e. The van der Waals surface area contributed by atoms with Gasteiger partial charge in [-0.15, -0.1) is 0 Å². The highest BCUT2D eigenvalue weighted by Gasteiger charge is 2.18. The van der Waals surface area contributed by atoms with Crippen molar-refractivity contribution in [1.82, 2.24) is 4.57 Å². The number of nitrogens with zero attached hydrogens (tertiary/aromatic N) is 1. The molecule has 1 aliphatic heterocycles. The van der Waals surface area contributed by atoms with Crippen molar-refractivity contribution in [3.8, 4) is 22.9 Å². The van der Waals surface area contributed by atoms with Crippen molar-refractivity contribution in [2.45, 2.75) is 13.8 Å². The lowest BCUT2D eigenvalue weighted by molar-refractivity contribution is 0.102. The Morgan fingerprint density at radius 2 is 1.71 bits per heavy atom. The summed E-state index contributed by atoms with van der Waals surface area (Å²) in [7, 11) is 1.64. The summed E-state index contributed by atoms with van der Waals surface area (Å²) in [6, 6.07) is 15.1. The minimum absolute atomic E-state index is 0.162. The van der Waals surface area contributed by atoms with Crippen LogP contribution in [0.3, 0.4) is 0 Å². The molecular weight excluding hydrogens is 356 g/mol. The van der Waals surface area contributed by atoms with E-state index in [0.29, 0.717) is 36.0 Å². The number of amides is 1. The summed E-state index contributed by atoms with van der Waals surface area (Å²) in [6.07, 6.45) is 0. The SMILES string of the molecule is COc1ccc(-n2c(C)cc(C(=O)Nc3ccc4c(c3)OCCO4)c2C)cc1. The molecule has 1 amide bonds. The van der Waals surface area contributed by atoms with Crippen LogP contribution >= 0.6 is 0 Å². The fraction of sp³-hybridized carbons (Fsp3) is 0.227. The molecule has 6 nitrogen and oxygen atoms in total. The van der Waals surface area contributed by atoms with E-state index in [1.165, 1.54) is 0 Å².